The van der Waals surface area contributed by atoms with Gasteiger partial charge in [0.2, 0.25) is 8.87 Å². The minimum Gasteiger partial charge on any atom is -0.495 e. The molecular formula is C15H18N2O5S3. The fourth-order valence-electron chi connectivity index (χ4n) is 1.98. The smallest absolute Gasteiger partial charge is 0.230 e. The molecule has 0 saturated carbocycles. The van der Waals surface area contributed by atoms with Gasteiger partial charge in [-0.25, -0.2) is 16.8 Å². The molecule has 2 rings (SSSR count). The minimum atomic E-state index is -3.66. The summed E-state index contributed by atoms with van der Waals surface area (Å²) >= 11 is 0. The quantitative estimate of drug-likeness (QED) is 0.529. The predicted octanol–water partition coefficient (Wildman–Crippen LogP) is 1.76. The molecule has 0 fully saturated rings. The third-order valence-corrected chi connectivity index (χ3v) is 8.83. The standard InChI is InChI=1S/C15H18N2O5S3/c1-22-15-7-6-13(10-14(15)17)24(18,19)9-8-23-25(20,21)12-4-2-11(16)3-5-12/h2-7,10H,8-9,16-17H2,1H3. The van der Waals surface area contributed by atoms with Crippen LogP contribution < -0.4 is 16.2 Å². The van der Waals surface area contributed by atoms with Crippen molar-refractivity contribution in [2.45, 2.75) is 9.79 Å². The van der Waals surface area contributed by atoms with E-state index in [9.17, 15) is 16.8 Å². The SMILES string of the molecule is COc1ccc(S(=O)(=O)CCSS(=O)(=O)c2ccc(N)cc2)cc1N. The molecule has 0 aromatic heterocycles. The minimum absolute atomic E-state index is 0.0243. The Morgan fingerprint density at radius 2 is 1.56 bits per heavy atom. The second kappa shape index (κ2) is 7.54. The van der Waals surface area contributed by atoms with Crippen molar-refractivity contribution >= 4 is 40.9 Å². The maximum atomic E-state index is 12.3. The molecule has 10 heteroatoms. The molecule has 7 nitrogen and oxygen atoms in total. The van der Waals surface area contributed by atoms with Gasteiger partial charge in [-0.15, -0.1) is 0 Å². The van der Waals surface area contributed by atoms with Crippen LogP contribution in [0.25, 0.3) is 0 Å². The summed E-state index contributed by atoms with van der Waals surface area (Å²) in [4.78, 5) is 0.106. The molecule has 136 valence electrons. The average Bonchev–Trinajstić information content (AvgIpc) is 2.54. The summed E-state index contributed by atoms with van der Waals surface area (Å²) < 4.78 is 54.0. The molecule has 0 atom stereocenters. The molecular weight excluding hydrogens is 384 g/mol. The summed E-state index contributed by atoms with van der Waals surface area (Å²) in [6.07, 6.45) is 0. The molecule has 0 radical (unpaired) electrons. The van der Waals surface area contributed by atoms with Crippen LogP contribution in [0, 0.1) is 0 Å². The highest BCUT2D eigenvalue weighted by Crippen LogP contribution is 2.27. The topological polar surface area (TPSA) is 130 Å². The van der Waals surface area contributed by atoms with Crippen molar-refractivity contribution in [1.82, 2.24) is 0 Å². The van der Waals surface area contributed by atoms with Crippen molar-refractivity contribution < 1.29 is 21.6 Å². The van der Waals surface area contributed by atoms with E-state index in [0.717, 1.165) is 0 Å². The van der Waals surface area contributed by atoms with E-state index in [-0.39, 0.29) is 27.0 Å². The Kier molecular flexibility index (Phi) is 5.86. The van der Waals surface area contributed by atoms with E-state index in [0.29, 0.717) is 22.2 Å². The number of nitrogen functional groups attached to an aromatic ring is 2. The lowest BCUT2D eigenvalue weighted by Gasteiger charge is -2.08. The number of hydrogen-bond donors (Lipinski definition) is 2. The molecule has 0 bridgehead atoms. The number of sulfone groups is 1. The molecule has 0 aliphatic rings. The summed E-state index contributed by atoms with van der Waals surface area (Å²) in [6.45, 7) is 0. The van der Waals surface area contributed by atoms with E-state index in [1.807, 2.05) is 0 Å². The number of benzene rings is 2. The number of rotatable bonds is 7. The van der Waals surface area contributed by atoms with E-state index in [1.54, 1.807) is 0 Å². The average molecular weight is 403 g/mol. The highest BCUT2D eigenvalue weighted by molar-refractivity contribution is 8.72. The molecule has 0 aliphatic carbocycles. The van der Waals surface area contributed by atoms with Crippen LogP contribution in [0.15, 0.2) is 52.3 Å². The number of methoxy groups -OCH3 is 1. The molecule has 2 aromatic carbocycles. The summed E-state index contributed by atoms with van der Waals surface area (Å²) in [5.41, 5.74) is 11.9. The van der Waals surface area contributed by atoms with Gasteiger partial charge in [0, 0.05) is 11.4 Å². The van der Waals surface area contributed by atoms with Crippen LogP contribution in [0.1, 0.15) is 0 Å². The van der Waals surface area contributed by atoms with Crippen molar-refractivity contribution in [2.24, 2.45) is 0 Å². The lowest BCUT2D eigenvalue weighted by Crippen LogP contribution is -2.11. The van der Waals surface area contributed by atoms with E-state index < -0.39 is 18.7 Å². The summed E-state index contributed by atoms with van der Waals surface area (Å²) in [5, 5.41) is 0. The molecule has 0 amide bonds. The van der Waals surface area contributed by atoms with Crippen LogP contribution >= 0.6 is 10.8 Å². The van der Waals surface area contributed by atoms with Gasteiger partial charge in [0.1, 0.15) is 5.75 Å². The van der Waals surface area contributed by atoms with Crippen molar-refractivity contribution in [3.63, 3.8) is 0 Å². The molecule has 0 aliphatic heterocycles. The van der Waals surface area contributed by atoms with Gasteiger partial charge in [-0.2, -0.15) is 0 Å². The summed E-state index contributed by atoms with van der Waals surface area (Å²) in [5.74, 6) is -0.0715. The Labute approximate surface area is 150 Å². The molecule has 0 saturated heterocycles. The zero-order valence-electron chi connectivity index (χ0n) is 13.4. The highest BCUT2D eigenvalue weighted by Gasteiger charge is 2.20. The Hall–Kier alpha value is -1.91. The molecule has 4 N–H and O–H groups in total. The third kappa shape index (κ3) is 4.80. The van der Waals surface area contributed by atoms with E-state index in [4.69, 9.17) is 16.2 Å². The lowest BCUT2D eigenvalue weighted by atomic mass is 10.3. The largest absolute Gasteiger partial charge is 0.495 e. The fourth-order valence-corrected chi connectivity index (χ4v) is 6.78. The van der Waals surface area contributed by atoms with Crippen molar-refractivity contribution in [2.75, 3.05) is 30.1 Å². The Balaban J connectivity index is 2.07. The van der Waals surface area contributed by atoms with Crippen LogP contribution in [0.4, 0.5) is 11.4 Å². The lowest BCUT2D eigenvalue weighted by molar-refractivity contribution is 0.416. The first kappa shape index (κ1) is 19.4. The molecule has 0 spiro atoms. The first-order valence-electron chi connectivity index (χ1n) is 7.07. The third-order valence-electron chi connectivity index (χ3n) is 3.32. The Morgan fingerprint density at radius 3 is 2.12 bits per heavy atom. The van der Waals surface area contributed by atoms with Crippen LogP contribution in [0.2, 0.25) is 0 Å². The maximum absolute atomic E-state index is 12.3. The second-order valence-electron chi connectivity index (χ2n) is 5.07. The van der Waals surface area contributed by atoms with Gasteiger partial charge in [-0.1, -0.05) is 0 Å². The van der Waals surface area contributed by atoms with Crippen LogP contribution in [-0.4, -0.2) is 35.5 Å². The Bertz CT molecular complexity index is 955. The molecule has 0 heterocycles. The fraction of sp³-hybridized carbons (Fsp3) is 0.200. The van der Waals surface area contributed by atoms with Crippen molar-refractivity contribution in [3.05, 3.63) is 42.5 Å². The highest BCUT2D eigenvalue weighted by atomic mass is 33.1. The summed E-state index contributed by atoms with van der Waals surface area (Å²) in [6, 6.07) is 9.86. The van der Waals surface area contributed by atoms with Gasteiger partial charge < -0.3 is 16.2 Å². The normalized spacial score (nSPS) is 12.0. The number of anilines is 2. The van der Waals surface area contributed by atoms with Gasteiger partial charge in [0.05, 0.1) is 28.3 Å². The van der Waals surface area contributed by atoms with Gasteiger partial charge >= 0.3 is 0 Å². The molecule has 2 aromatic rings. The van der Waals surface area contributed by atoms with Gasteiger partial charge in [-0.05, 0) is 53.3 Å². The van der Waals surface area contributed by atoms with Gasteiger partial charge in [-0.3, -0.25) is 0 Å². The number of ether oxygens (including phenoxy) is 1. The van der Waals surface area contributed by atoms with E-state index in [1.165, 1.54) is 49.6 Å². The molecule has 25 heavy (non-hydrogen) atoms. The van der Waals surface area contributed by atoms with E-state index in [2.05, 4.69) is 0 Å². The summed E-state index contributed by atoms with van der Waals surface area (Å²) in [7, 11) is -5.31. The van der Waals surface area contributed by atoms with Crippen LogP contribution in [-0.2, 0) is 18.7 Å². The van der Waals surface area contributed by atoms with Crippen LogP contribution in [0.5, 0.6) is 5.75 Å². The van der Waals surface area contributed by atoms with Crippen LogP contribution in [0.3, 0.4) is 0 Å². The number of hydrogen-bond acceptors (Lipinski definition) is 8. The monoisotopic (exact) mass is 402 g/mol. The zero-order chi connectivity index (χ0) is 18.7. The first-order chi connectivity index (χ1) is 11.7. The maximum Gasteiger partial charge on any atom is 0.230 e. The van der Waals surface area contributed by atoms with Crippen molar-refractivity contribution in [1.29, 1.82) is 0 Å². The van der Waals surface area contributed by atoms with Gasteiger partial charge in [0.25, 0.3) is 0 Å². The zero-order valence-corrected chi connectivity index (χ0v) is 15.8. The first-order valence-corrected chi connectivity index (χ1v) is 11.7. The number of nitrogens with two attached hydrogens (primary N) is 2. The van der Waals surface area contributed by atoms with Crippen molar-refractivity contribution in [3.8, 4) is 5.75 Å². The Morgan fingerprint density at radius 1 is 0.960 bits per heavy atom. The van der Waals surface area contributed by atoms with E-state index >= 15 is 0 Å². The predicted molar refractivity (Wildman–Crippen MR) is 100.0 cm³/mol. The second-order valence-corrected chi connectivity index (χ2v) is 11.2. The van der Waals surface area contributed by atoms with Gasteiger partial charge in [0.15, 0.2) is 9.84 Å². The molecule has 0 unspecified atom stereocenters.